The Hall–Kier alpha value is -2.34. The first-order chi connectivity index (χ1) is 14.5. The van der Waals surface area contributed by atoms with E-state index < -0.39 is 20.0 Å². The summed E-state index contributed by atoms with van der Waals surface area (Å²) in [7, 11) is -6.59. The predicted molar refractivity (Wildman–Crippen MR) is 125 cm³/mol. The number of sulfonamides is 2. The SMILES string of the molecule is CS(=O)(=O)Nc1ccc(CCN(CCN)CCOc2ccc(NS(C)(=O)=O)cc2)cc1. The molecule has 2 aromatic carbocycles. The number of hydrogen-bond acceptors (Lipinski definition) is 7. The predicted octanol–water partition coefficient (Wildman–Crippen LogP) is 1.31. The monoisotopic (exact) mass is 470 g/mol. The van der Waals surface area contributed by atoms with Crippen molar-refractivity contribution in [2.24, 2.45) is 5.73 Å². The van der Waals surface area contributed by atoms with Crippen LogP contribution >= 0.6 is 0 Å². The number of nitrogens with zero attached hydrogens (tertiary/aromatic N) is 1. The van der Waals surface area contributed by atoms with Gasteiger partial charge in [-0.1, -0.05) is 12.1 Å². The number of ether oxygens (including phenoxy) is 1. The number of nitrogens with one attached hydrogen (secondary N) is 2. The van der Waals surface area contributed by atoms with Crippen LogP contribution in [0.25, 0.3) is 0 Å². The quantitative estimate of drug-likeness (QED) is 0.402. The average molecular weight is 471 g/mol. The highest BCUT2D eigenvalue weighted by Gasteiger charge is 2.07. The highest BCUT2D eigenvalue weighted by atomic mass is 32.2. The molecule has 0 bridgehead atoms. The van der Waals surface area contributed by atoms with E-state index in [4.69, 9.17) is 10.5 Å². The van der Waals surface area contributed by atoms with Gasteiger partial charge >= 0.3 is 0 Å². The third kappa shape index (κ3) is 10.5. The van der Waals surface area contributed by atoms with E-state index in [1.165, 1.54) is 0 Å². The van der Waals surface area contributed by atoms with Gasteiger partial charge in [0.25, 0.3) is 0 Å². The summed E-state index contributed by atoms with van der Waals surface area (Å²) in [5.41, 5.74) is 7.84. The summed E-state index contributed by atoms with van der Waals surface area (Å²) in [4.78, 5) is 2.20. The molecule has 0 amide bonds. The maximum atomic E-state index is 11.3. The van der Waals surface area contributed by atoms with Crippen LogP contribution in [0.4, 0.5) is 11.4 Å². The molecule has 172 valence electrons. The third-order valence-electron chi connectivity index (χ3n) is 4.25. The number of rotatable bonds is 13. The first-order valence-electron chi connectivity index (χ1n) is 9.74. The van der Waals surface area contributed by atoms with Crippen molar-refractivity contribution in [2.45, 2.75) is 6.42 Å². The smallest absolute Gasteiger partial charge is 0.229 e. The van der Waals surface area contributed by atoms with Crippen LogP contribution in [0.2, 0.25) is 0 Å². The van der Waals surface area contributed by atoms with Crippen molar-refractivity contribution in [2.75, 3.05) is 54.7 Å². The van der Waals surface area contributed by atoms with Crippen molar-refractivity contribution >= 4 is 31.4 Å². The van der Waals surface area contributed by atoms with E-state index in [1.807, 2.05) is 12.1 Å². The Morgan fingerprint density at radius 3 is 1.81 bits per heavy atom. The summed E-state index contributed by atoms with van der Waals surface area (Å²) in [5, 5.41) is 0. The van der Waals surface area contributed by atoms with Crippen LogP contribution in [0.1, 0.15) is 5.56 Å². The summed E-state index contributed by atoms with van der Waals surface area (Å²) in [6, 6.07) is 14.0. The van der Waals surface area contributed by atoms with Gasteiger partial charge < -0.3 is 10.5 Å². The van der Waals surface area contributed by atoms with Crippen molar-refractivity contribution in [1.82, 2.24) is 4.90 Å². The lowest BCUT2D eigenvalue weighted by Crippen LogP contribution is -2.34. The van der Waals surface area contributed by atoms with Crippen LogP contribution in [-0.4, -0.2) is 67.0 Å². The van der Waals surface area contributed by atoms with Crippen molar-refractivity contribution in [3.8, 4) is 5.75 Å². The normalized spacial score (nSPS) is 12.0. The molecule has 0 spiro atoms. The first-order valence-corrected chi connectivity index (χ1v) is 13.5. The van der Waals surface area contributed by atoms with E-state index in [0.29, 0.717) is 36.8 Å². The van der Waals surface area contributed by atoms with Crippen LogP contribution in [0, 0.1) is 0 Å². The topological polar surface area (TPSA) is 131 Å². The van der Waals surface area contributed by atoms with Gasteiger partial charge in [0.2, 0.25) is 20.0 Å². The molecule has 0 radical (unpaired) electrons. The molecule has 0 aliphatic carbocycles. The fraction of sp³-hybridized carbons (Fsp3) is 0.400. The summed E-state index contributed by atoms with van der Waals surface area (Å²) >= 11 is 0. The van der Waals surface area contributed by atoms with Crippen molar-refractivity contribution in [3.63, 3.8) is 0 Å². The minimum absolute atomic E-state index is 0.468. The minimum atomic E-state index is -3.30. The lowest BCUT2D eigenvalue weighted by Gasteiger charge is -2.21. The van der Waals surface area contributed by atoms with Gasteiger partial charge in [0.1, 0.15) is 12.4 Å². The van der Waals surface area contributed by atoms with Crippen molar-refractivity contribution < 1.29 is 21.6 Å². The number of hydrogen-bond donors (Lipinski definition) is 3. The molecule has 0 saturated heterocycles. The molecule has 0 unspecified atom stereocenters. The van der Waals surface area contributed by atoms with Gasteiger partial charge in [-0.15, -0.1) is 0 Å². The summed E-state index contributed by atoms with van der Waals surface area (Å²) in [5.74, 6) is 0.653. The van der Waals surface area contributed by atoms with Gasteiger partial charge in [0.15, 0.2) is 0 Å². The Balaban J connectivity index is 1.81. The Morgan fingerprint density at radius 2 is 1.32 bits per heavy atom. The molecule has 9 nitrogen and oxygen atoms in total. The molecule has 0 aliphatic heterocycles. The van der Waals surface area contributed by atoms with E-state index in [2.05, 4.69) is 14.3 Å². The molecular weight excluding hydrogens is 440 g/mol. The zero-order valence-electron chi connectivity index (χ0n) is 17.7. The molecular formula is C20H30N4O5S2. The molecule has 2 rings (SSSR count). The van der Waals surface area contributed by atoms with E-state index in [-0.39, 0.29) is 0 Å². The van der Waals surface area contributed by atoms with Crippen LogP contribution in [-0.2, 0) is 26.5 Å². The average Bonchev–Trinajstić information content (AvgIpc) is 2.66. The highest BCUT2D eigenvalue weighted by molar-refractivity contribution is 7.92. The standard InChI is InChI=1S/C20H30N4O5S2/c1-30(25,26)22-18-5-3-17(4-6-18)11-13-24(14-12-21)15-16-29-20-9-7-19(8-10-20)23-31(2,27)28/h3-10,22-23H,11-16,21H2,1-2H3. The number of anilines is 2. The molecule has 0 aromatic heterocycles. The minimum Gasteiger partial charge on any atom is -0.492 e. The van der Waals surface area contributed by atoms with Crippen molar-refractivity contribution in [1.29, 1.82) is 0 Å². The van der Waals surface area contributed by atoms with E-state index in [0.717, 1.165) is 37.6 Å². The maximum Gasteiger partial charge on any atom is 0.229 e. The highest BCUT2D eigenvalue weighted by Crippen LogP contribution is 2.16. The van der Waals surface area contributed by atoms with Gasteiger partial charge in [-0.3, -0.25) is 14.3 Å². The second-order valence-electron chi connectivity index (χ2n) is 7.20. The second-order valence-corrected chi connectivity index (χ2v) is 10.7. The Kier molecular flexibility index (Phi) is 9.11. The second kappa shape index (κ2) is 11.3. The lowest BCUT2D eigenvalue weighted by molar-refractivity contribution is 0.214. The van der Waals surface area contributed by atoms with Crippen LogP contribution in [0.3, 0.4) is 0 Å². The first kappa shape index (κ1) is 24.9. The fourth-order valence-electron chi connectivity index (χ4n) is 2.88. The van der Waals surface area contributed by atoms with Gasteiger partial charge in [-0.25, -0.2) is 16.8 Å². The van der Waals surface area contributed by atoms with Gasteiger partial charge in [-0.2, -0.15) is 0 Å². The van der Waals surface area contributed by atoms with E-state index in [9.17, 15) is 16.8 Å². The molecule has 0 atom stereocenters. The molecule has 2 aromatic rings. The van der Waals surface area contributed by atoms with Gasteiger partial charge in [-0.05, 0) is 48.4 Å². The molecule has 11 heteroatoms. The summed E-state index contributed by atoms with van der Waals surface area (Å²) < 4.78 is 55.7. The third-order valence-corrected chi connectivity index (χ3v) is 5.47. The number of benzene rings is 2. The molecule has 31 heavy (non-hydrogen) atoms. The Labute approximate surface area is 184 Å². The van der Waals surface area contributed by atoms with Crippen molar-refractivity contribution in [3.05, 3.63) is 54.1 Å². The van der Waals surface area contributed by atoms with Gasteiger partial charge in [0, 0.05) is 37.6 Å². The van der Waals surface area contributed by atoms with E-state index >= 15 is 0 Å². The molecule has 0 heterocycles. The maximum absolute atomic E-state index is 11.3. The Morgan fingerprint density at radius 1 is 0.806 bits per heavy atom. The molecule has 0 saturated carbocycles. The molecule has 0 aliphatic rings. The summed E-state index contributed by atoms with van der Waals surface area (Å²) in [6.07, 6.45) is 3.02. The van der Waals surface area contributed by atoms with Gasteiger partial charge in [0.05, 0.1) is 12.5 Å². The fourth-order valence-corrected chi connectivity index (χ4v) is 4.01. The van der Waals surface area contributed by atoms with E-state index in [1.54, 1.807) is 36.4 Å². The number of nitrogens with two attached hydrogens (primary N) is 1. The zero-order valence-corrected chi connectivity index (χ0v) is 19.4. The molecule has 4 N–H and O–H groups in total. The lowest BCUT2D eigenvalue weighted by atomic mass is 10.1. The summed E-state index contributed by atoms with van der Waals surface area (Å²) in [6.45, 7) is 3.21. The largest absolute Gasteiger partial charge is 0.492 e. The molecule has 0 fully saturated rings. The van der Waals surface area contributed by atoms with Crippen LogP contribution in [0.15, 0.2) is 48.5 Å². The van der Waals surface area contributed by atoms with Crippen LogP contribution < -0.4 is 19.9 Å². The Bertz CT molecular complexity index is 1020. The van der Waals surface area contributed by atoms with Crippen LogP contribution in [0.5, 0.6) is 5.75 Å². The zero-order chi connectivity index (χ0) is 22.9.